The number of benzene rings is 1. The quantitative estimate of drug-likeness (QED) is 0.448. The van der Waals surface area contributed by atoms with E-state index in [1.165, 1.54) is 6.07 Å². The van der Waals surface area contributed by atoms with E-state index in [0.29, 0.717) is 46.4 Å². The molecule has 1 saturated carbocycles. The topological polar surface area (TPSA) is 88.7 Å². The summed E-state index contributed by atoms with van der Waals surface area (Å²) in [4.78, 5) is 19.8. The van der Waals surface area contributed by atoms with Crippen LogP contribution >= 0.6 is 0 Å². The molecule has 9 nitrogen and oxygen atoms in total. The molecule has 0 bridgehead atoms. The van der Waals surface area contributed by atoms with Gasteiger partial charge in [-0.15, -0.1) is 0 Å². The van der Waals surface area contributed by atoms with E-state index in [4.69, 9.17) is 4.74 Å². The van der Waals surface area contributed by atoms with Gasteiger partial charge in [-0.3, -0.25) is 9.48 Å². The van der Waals surface area contributed by atoms with Crippen LogP contribution < -0.4 is 15.5 Å². The summed E-state index contributed by atoms with van der Waals surface area (Å²) >= 11 is 0. The third-order valence-corrected chi connectivity index (χ3v) is 7.81. The van der Waals surface area contributed by atoms with Crippen LogP contribution in [0.3, 0.4) is 0 Å². The van der Waals surface area contributed by atoms with E-state index < -0.39 is 5.82 Å². The van der Waals surface area contributed by atoms with Gasteiger partial charge in [0.1, 0.15) is 5.52 Å². The van der Waals surface area contributed by atoms with Crippen molar-refractivity contribution in [3.63, 3.8) is 0 Å². The lowest BCUT2D eigenvalue weighted by atomic mass is 10.1. The van der Waals surface area contributed by atoms with Crippen LogP contribution in [0.15, 0.2) is 36.8 Å². The number of hydrogen-bond acceptors (Lipinski definition) is 6. The Morgan fingerprint density at radius 1 is 1.19 bits per heavy atom. The van der Waals surface area contributed by atoms with E-state index in [-0.39, 0.29) is 11.6 Å². The van der Waals surface area contributed by atoms with Gasteiger partial charge in [0, 0.05) is 79.8 Å². The molecule has 5 heterocycles. The van der Waals surface area contributed by atoms with Crippen molar-refractivity contribution in [3.05, 3.63) is 53.9 Å². The summed E-state index contributed by atoms with van der Waals surface area (Å²) in [7, 11) is 1.86. The molecule has 1 aliphatic carbocycles. The molecule has 3 fully saturated rings. The van der Waals surface area contributed by atoms with Crippen molar-refractivity contribution in [2.75, 3.05) is 36.5 Å². The van der Waals surface area contributed by atoms with Crippen LogP contribution in [0.1, 0.15) is 22.5 Å². The number of hydrogen-bond donors (Lipinski definition) is 2. The molecule has 3 aliphatic rings. The lowest BCUT2D eigenvalue weighted by Gasteiger charge is -2.21. The first-order valence-corrected chi connectivity index (χ1v) is 12.5. The summed E-state index contributed by atoms with van der Waals surface area (Å²) in [6.45, 7) is 5.46. The second-order valence-corrected chi connectivity index (χ2v) is 10.3. The van der Waals surface area contributed by atoms with Gasteiger partial charge < -0.3 is 24.7 Å². The van der Waals surface area contributed by atoms with Crippen LogP contribution in [0, 0.1) is 24.6 Å². The number of carbonyl (C=O) groups is 1. The smallest absolute Gasteiger partial charge is 0.257 e. The number of rotatable bonds is 5. The van der Waals surface area contributed by atoms with E-state index in [9.17, 15) is 9.18 Å². The van der Waals surface area contributed by atoms with Gasteiger partial charge in [-0.1, -0.05) is 0 Å². The number of ether oxygens (including phenoxy) is 1. The average Bonchev–Trinajstić information content (AvgIpc) is 3.41. The number of amides is 1. The minimum atomic E-state index is -0.487. The van der Waals surface area contributed by atoms with Gasteiger partial charge in [-0.05, 0) is 25.5 Å². The van der Waals surface area contributed by atoms with Gasteiger partial charge in [-0.2, -0.15) is 5.10 Å². The van der Waals surface area contributed by atoms with Gasteiger partial charge in [0.25, 0.3) is 5.91 Å². The molecule has 2 saturated heterocycles. The number of halogens is 1. The first kappa shape index (κ1) is 21.8. The zero-order valence-corrected chi connectivity index (χ0v) is 20.2. The van der Waals surface area contributed by atoms with E-state index >= 15 is 0 Å². The maximum Gasteiger partial charge on any atom is 0.257 e. The largest absolute Gasteiger partial charge is 0.381 e. The number of anilines is 2. The number of imidazole rings is 1. The Morgan fingerprint density at radius 2 is 2.03 bits per heavy atom. The summed E-state index contributed by atoms with van der Waals surface area (Å²) < 4.78 is 23.4. The fourth-order valence-corrected chi connectivity index (χ4v) is 5.99. The number of aromatic nitrogens is 4. The van der Waals surface area contributed by atoms with Gasteiger partial charge in [0.2, 0.25) is 0 Å². The number of fused-ring (bicyclic) bond motifs is 3. The minimum Gasteiger partial charge on any atom is -0.381 e. The normalized spacial score (nSPS) is 25.1. The van der Waals surface area contributed by atoms with Crippen LogP contribution in [0.4, 0.5) is 15.8 Å². The molecule has 1 aromatic carbocycles. The Kier molecular flexibility index (Phi) is 4.84. The second-order valence-electron chi connectivity index (χ2n) is 10.3. The minimum absolute atomic E-state index is 0.235. The Morgan fingerprint density at radius 3 is 2.86 bits per heavy atom. The van der Waals surface area contributed by atoms with E-state index in [0.717, 1.165) is 43.8 Å². The molecule has 4 aromatic rings. The zero-order chi connectivity index (χ0) is 24.6. The molecule has 186 valence electrons. The summed E-state index contributed by atoms with van der Waals surface area (Å²) in [6.07, 6.45) is 6.44. The number of nitrogens with one attached hydrogen (secondary N) is 2. The molecule has 1 amide bonds. The summed E-state index contributed by atoms with van der Waals surface area (Å²) in [5, 5.41) is 12.2. The van der Waals surface area contributed by atoms with Gasteiger partial charge in [0.15, 0.2) is 11.5 Å². The second kappa shape index (κ2) is 8.01. The molecular weight excluding hydrogens is 461 g/mol. The van der Waals surface area contributed by atoms with Crippen molar-refractivity contribution < 1.29 is 13.9 Å². The monoisotopic (exact) mass is 489 g/mol. The highest BCUT2D eigenvalue weighted by atomic mass is 19.1. The Balaban J connectivity index is 1.13. The standard InChI is InChI=1S/C26H28FN7O2/c1-14-8-34-10-16(7-21(27)25(34)28-14)30-26(35)17-3-4-22(18-11-32(2)31-24(17)18)33-6-5-15(9-33)29-23-19-12-36-13-20(19)23/h3-4,7-8,10-11,15,19-20,23,29H,5-6,9,12-13H2,1-2H3,(H,30,35)/t15-,19?,20?,23?/m1/s1. The molecule has 3 atom stereocenters. The number of pyridine rings is 1. The van der Waals surface area contributed by atoms with Crippen LogP contribution in [-0.4, -0.2) is 63.5 Å². The summed E-state index contributed by atoms with van der Waals surface area (Å²) in [5.41, 5.74) is 3.48. The summed E-state index contributed by atoms with van der Waals surface area (Å²) in [5.74, 6) is 0.561. The Labute approximate surface area is 207 Å². The maximum absolute atomic E-state index is 14.5. The molecular formula is C26H28FN7O2. The van der Waals surface area contributed by atoms with Crippen molar-refractivity contribution in [1.29, 1.82) is 0 Å². The van der Waals surface area contributed by atoms with Gasteiger partial charge in [-0.25, -0.2) is 9.37 Å². The molecule has 36 heavy (non-hydrogen) atoms. The molecule has 0 spiro atoms. The van der Waals surface area contributed by atoms with Crippen molar-refractivity contribution in [1.82, 2.24) is 24.5 Å². The molecule has 10 heteroatoms. The maximum atomic E-state index is 14.5. The van der Waals surface area contributed by atoms with Crippen molar-refractivity contribution in [3.8, 4) is 0 Å². The summed E-state index contributed by atoms with van der Waals surface area (Å²) in [6, 6.07) is 6.17. The average molecular weight is 490 g/mol. The number of carbonyl (C=O) groups excluding carboxylic acids is 1. The predicted octanol–water partition coefficient (Wildman–Crippen LogP) is 2.73. The molecule has 3 aromatic heterocycles. The highest BCUT2D eigenvalue weighted by molar-refractivity contribution is 6.13. The number of aryl methyl sites for hydroxylation is 2. The predicted molar refractivity (Wildman–Crippen MR) is 134 cm³/mol. The Hall–Kier alpha value is -3.50. The van der Waals surface area contributed by atoms with Crippen molar-refractivity contribution in [2.45, 2.75) is 25.4 Å². The number of nitrogens with zero attached hydrogens (tertiary/aromatic N) is 5. The van der Waals surface area contributed by atoms with Crippen LogP contribution in [0.2, 0.25) is 0 Å². The van der Waals surface area contributed by atoms with Gasteiger partial charge in [0.05, 0.1) is 30.2 Å². The lowest BCUT2D eigenvalue weighted by molar-refractivity contribution is 0.102. The van der Waals surface area contributed by atoms with E-state index in [1.54, 1.807) is 28.4 Å². The zero-order valence-electron chi connectivity index (χ0n) is 20.2. The van der Waals surface area contributed by atoms with Gasteiger partial charge >= 0.3 is 0 Å². The van der Waals surface area contributed by atoms with Crippen molar-refractivity contribution in [2.24, 2.45) is 18.9 Å². The van der Waals surface area contributed by atoms with Crippen LogP contribution in [0.25, 0.3) is 16.6 Å². The van der Waals surface area contributed by atoms with E-state index in [2.05, 4.69) is 25.6 Å². The highest BCUT2D eigenvalue weighted by Gasteiger charge is 2.54. The van der Waals surface area contributed by atoms with Crippen LogP contribution in [0.5, 0.6) is 0 Å². The molecule has 7 rings (SSSR count). The van der Waals surface area contributed by atoms with Crippen molar-refractivity contribution >= 4 is 33.8 Å². The first-order chi connectivity index (χ1) is 17.4. The Bertz CT molecular complexity index is 1500. The fraction of sp³-hybridized carbons (Fsp3) is 0.423. The molecule has 0 radical (unpaired) electrons. The third kappa shape index (κ3) is 3.55. The van der Waals surface area contributed by atoms with E-state index in [1.807, 2.05) is 25.4 Å². The third-order valence-electron chi connectivity index (χ3n) is 7.81. The lowest BCUT2D eigenvalue weighted by Crippen LogP contribution is -2.36. The fourth-order valence-electron chi connectivity index (χ4n) is 5.99. The highest BCUT2D eigenvalue weighted by Crippen LogP contribution is 2.44. The first-order valence-electron chi connectivity index (χ1n) is 12.5. The molecule has 2 N–H and O–H groups in total. The molecule has 2 aliphatic heterocycles. The van der Waals surface area contributed by atoms with Crippen LogP contribution in [-0.2, 0) is 11.8 Å². The molecule has 2 unspecified atom stereocenters. The SMILES string of the molecule is Cc1cn2cc(NC(=O)c3ccc(N4CC[C@@H](NC5C6COCC65)C4)c4cn(C)nc34)cc(F)c2n1.